The van der Waals surface area contributed by atoms with Gasteiger partial charge in [-0.1, -0.05) is 0 Å². The maximum atomic E-state index is 11.8. The van der Waals surface area contributed by atoms with Gasteiger partial charge in [0.05, 0.1) is 0 Å². The number of rotatable bonds is 5. The van der Waals surface area contributed by atoms with Gasteiger partial charge in [0.15, 0.2) is 0 Å². The lowest BCUT2D eigenvalue weighted by Gasteiger charge is -2.20. The molecule has 2 N–H and O–H groups in total. The molecular formula is C14H23N3O. The zero-order valence-corrected chi connectivity index (χ0v) is 11.5. The normalized spacial score (nSPS) is 15.7. The van der Waals surface area contributed by atoms with Crippen LogP contribution in [-0.2, 0) is 17.9 Å². The van der Waals surface area contributed by atoms with Gasteiger partial charge < -0.3 is 15.2 Å². The van der Waals surface area contributed by atoms with E-state index in [1.165, 1.54) is 18.4 Å². The molecule has 1 amide bonds. The predicted molar refractivity (Wildman–Crippen MR) is 72.2 cm³/mol. The Morgan fingerprint density at radius 2 is 2.17 bits per heavy atom. The molecule has 1 aliphatic rings. The standard InChI is InChI=1S/C14H23N3O/c1-14(2,3)16-13(18)10-17-7-6-11(9-17)8-15-12-4-5-12/h6-7,9,12,15H,4-5,8,10H2,1-3H3,(H,16,18). The summed E-state index contributed by atoms with van der Waals surface area (Å²) < 4.78 is 1.94. The van der Waals surface area contributed by atoms with E-state index in [2.05, 4.69) is 16.7 Å². The third-order valence-corrected chi connectivity index (χ3v) is 2.82. The van der Waals surface area contributed by atoms with Crippen molar-refractivity contribution < 1.29 is 4.79 Å². The van der Waals surface area contributed by atoms with Crippen molar-refractivity contribution in [3.63, 3.8) is 0 Å². The third-order valence-electron chi connectivity index (χ3n) is 2.82. The second-order valence-electron chi connectivity index (χ2n) is 6.15. The highest BCUT2D eigenvalue weighted by molar-refractivity contribution is 5.76. The van der Waals surface area contributed by atoms with E-state index in [0.29, 0.717) is 6.54 Å². The van der Waals surface area contributed by atoms with Crippen LogP contribution in [0.5, 0.6) is 0 Å². The van der Waals surface area contributed by atoms with E-state index >= 15 is 0 Å². The number of aromatic nitrogens is 1. The van der Waals surface area contributed by atoms with Crippen LogP contribution in [0.4, 0.5) is 0 Å². The van der Waals surface area contributed by atoms with Crippen LogP contribution >= 0.6 is 0 Å². The summed E-state index contributed by atoms with van der Waals surface area (Å²) in [6.45, 7) is 7.27. The number of carbonyl (C=O) groups is 1. The fourth-order valence-corrected chi connectivity index (χ4v) is 1.87. The Balaban J connectivity index is 1.79. The topological polar surface area (TPSA) is 46.1 Å². The first-order chi connectivity index (χ1) is 8.42. The van der Waals surface area contributed by atoms with Crippen molar-refractivity contribution in [2.45, 2.75) is 58.3 Å². The lowest BCUT2D eigenvalue weighted by atomic mass is 10.1. The minimum Gasteiger partial charge on any atom is -0.350 e. The van der Waals surface area contributed by atoms with E-state index in [4.69, 9.17) is 0 Å². The van der Waals surface area contributed by atoms with Gasteiger partial charge in [-0.05, 0) is 45.2 Å². The number of amides is 1. The van der Waals surface area contributed by atoms with Crippen LogP contribution in [0.25, 0.3) is 0 Å². The molecule has 0 unspecified atom stereocenters. The van der Waals surface area contributed by atoms with Crippen LogP contribution in [0.15, 0.2) is 18.5 Å². The highest BCUT2D eigenvalue weighted by atomic mass is 16.2. The van der Waals surface area contributed by atoms with E-state index in [1.807, 2.05) is 37.7 Å². The van der Waals surface area contributed by atoms with Gasteiger partial charge >= 0.3 is 0 Å². The summed E-state index contributed by atoms with van der Waals surface area (Å²) in [6, 6.07) is 2.79. The van der Waals surface area contributed by atoms with Gasteiger partial charge in [-0.15, -0.1) is 0 Å². The van der Waals surface area contributed by atoms with Gasteiger partial charge in [0.25, 0.3) is 0 Å². The number of nitrogens with one attached hydrogen (secondary N) is 2. The first-order valence-electron chi connectivity index (χ1n) is 6.61. The van der Waals surface area contributed by atoms with Crippen LogP contribution in [0, 0.1) is 0 Å². The minimum absolute atomic E-state index is 0.0554. The van der Waals surface area contributed by atoms with Gasteiger partial charge in [-0.25, -0.2) is 0 Å². The molecule has 100 valence electrons. The van der Waals surface area contributed by atoms with Crippen molar-refractivity contribution in [3.05, 3.63) is 24.0 Å². The molecule has 1 saturated carbocycles. The molecule has 0 saturated heterocycles. The molecule has 2 rings (SSSR count). The molecule has 4 nitrogen and oxygen atoms in total. The van der Waals surface area contributed by atoms with Crippen molar-refractivity contribution in [1.29, 1.82) is 0 Å². The highest BCUT2D eigenvalue weighted by Crippen LogP contribution is 2.19. The molecule has 1 aliphatic carbocycles. The monoisotopic (exact) mass is 249 g/mol. The molecule has 1 aromatic heterocycles. The van der Waals surface area contributed by atoms with Crippen LogP contribution in [0.3, 0.4) is 0 Å². The predicted octanol–water partition coefficient (Wildman–Crippen LogP) is 1.65. The molecule has 0 aromatic carbocycles. The molecule has 1 heterocycles. The molecular weight excluding hydrogens is 226 g/mol. The Morgan fingerprint density at radius 1 is 1.44 bits per heavy atom. The molecule has 0 atom stereocenters. The maximum Gasteiger partial charge on any atom is 0.240 e. The molecule has 1 aromatic rings. The average Bonchev–Trinajstić information content (AvgIpc) is 2.94. The van der Waals surface area contributed by atoms with E-state index in [9.17, 15) is 4.79 Å². The summed E-state index contributed by atoms with van der Waals surface area (Å²) in [4.78, 5) is 11.8. The molecule has 4 heteroatoms. The summed E-state index contributed by atoms with van der Waals surface area (Å²) in [5.74, 6) is 0.0554. The first kappa shape index (κ1) is 13.1. The lowest BCUT2D eigenvalue weighted by molar-refractivity contribution is -0.123. The van der Waals surface area contributed by atoms with E-state index < -0.39 is 0 Å². The summed E-state index contributed by atoms with van der Waals surface area (Å²) in [5.41, 5.74) is 1.08. The highest BCUT2D eigenvalue weighted by Gasteiger charge is 2.20. The van der Waals surface area contributed by atoms with Crippen molar-refractivity contribution in [1.82, 2.24) is 15.2 Å². The van der Waals surface area contributed by atoms with Gasteiger partial charge in [0.1, 0.15) is 6.54 Å². The quantitative estimate of drug-likeness (QED) is 0.833. The van der Waals surface area contributed by atoms with Gasteiger partial charge in [-0.2, -0.15) is 0 Å². The van der Waals surface area contributed by atoms with Gasteiger partial charge in [0.2, 0.25) is 5.91 Å². The molecule has 18 heavy (non-hydrogen) atoms. The Bertz CT molecular complexity index is 413. The van der Waals surface area contributed by atoms with Crippen molar-refractivity contribution in [2.75, 3.05) is 0 Å². The summed E-state index contributed by atoms with van der Waals surface area (Å²) >= 11 is 0. The Labute approximate surface area is 109 Å². The molecule has 0 radical (unpaired) electrons. The van der Waals surface area contributed by atoms with Crippen molar-refractivity contribution in [2.24, 2.45) is 0 Å². The SMILES string of the molecule is CC(C)(C)NC(=O)Cn1ccc(CNC2CC2)c1. The van der Waals surface area contributed by atoms with Crippen molar-refractivity contribution >= 4 is 5.91 Å². The van der Waals surface area contributed by atoms with E-state index in [-0.39, 0.29) is 11.4 Å². The number of nitrogens with zero attached hydrogens (tertiary/aromatic N) is 1. The van der Waals surface area contributed by atoms with Crippen molar-refractivity contribution in [3.8, 4) is 0 Å². The smallest absolute Gasteiger partial charge is 0.240 e. The van der Waals surface area contributed by atoms with Gasteiger partial charge in [0, 0.05) is 30.5 Å². The van der Waals surface area contributed by atoms with Crippen LogP contribution in [0.2, 0.25) is 0 Å². The van der Waals surface area contributed by atoms with E-state index in [0.717, 1.165) is 12.6 Å². The Hall–Kier alpha value is -1.29. The molecule has 0 aliphatic heterocycles. The molecule has 0 spiro atoms. The fraction of sp³-hybridized carbons (Fsp3) is 0.643. The van der Waals surface area contributed by atoms with Crippen LogP contribution < -0.4 is 10.6 Å². The lowest BCUT2D eigenvalue weighted by Crippen LogP contribution is -2.42. The number of carbonyl (C=O) groups excluding carboxylic acids is 1. The minimum atomic E-state index is -0.166. The van der Waals surface area contributed by atoms with Crippen LogP contribution in [-0.4, -0.2) is 22.1 Å². The molecule has 1 fully saturated rings. The number of hydrogen-bond donors (Lipinski definition) is 2. The zero-order chi connectivity index (χ0) is 13.2. The number of hydrogen-bond acceptors (Lipinski definition) is 2. The Morgan fingerprint density at radius 3 is 2.78 bits per heavy atom. The van der Waals surface area contributed by atoms with Crippen LogP contribution in [0.1, 0.15) is 39.2 Å². The van der Waals surface area contributed by atoms with E-state index in [1.54, 1.807) is 0 Å². The maximum absolute atomic E-state index is 11.8. The first-order valence-corrected chi connectivity index (χ1v) is 6.61. The second-order valence-corrected chi connectivity index (χ2v) is 6.15. The van der Waals surface area contributed by atoms with Gasteiger partial charge in [-0.3, -0.25) is 4.79 Å². The molecule has 0 bridgehead atoms. The zero-order valence-electron chi connectivity index (χ0n) is 11.5. The third kappa shape index (κ3) is 4.53. The largest absolute Gasteiger partial charge is 0.350 e. The average molecular weight is 249 g/mol. The Kier molecular flexibility index (Phi) is 3.76. The fourth-order valence-electron chi connectivity index (χ4n) is 1.87. The second kappa shape index (κ2) is 5.14. The summed E-state index contributed by atoms with van der Waals surface area (Å²) in [5, 5.41) is 6.43. The summed E-state index contributed by atoms with van der Waals surface area (Å²) in [6.07, 6.45) is 6.60. The summed E-state index contributed by atoms with van der Waals surface area (Å²) in [7, 11) is 0.